The standard InChI is InChI=1S/C6H10N3/c1-6(2)3-9-5-7-4-8-9/h4-6H,1,3H2,2H3. The summed E-state index contributed by atoms with van der Waals surface area (Å²) in [5.41, 5.74) is 0. The van der Waals surface area contributed by atoms with Gasteiger partial charge in [0.25, 0.3) is 0 Å². The molecule has 0 aliphatic carbocycles. The van der Waals surface area contributed by atoms with Crippen molar-refractivity contribution in [2.75, 3.05) is 0 Å². The number of hydrogen-bond acceptors (Lipinski definition) is 2. The van der Waals surface area contributed by atoms with Crippen molar-refractivity contribution in [3.63, 3.8) is 0 Å². The number of hydrogen-bond donors (Lipinski definition) is 0. The van der Waals surface area contributed by atoms with Crippen molar-refractivity contribution in [1.82, 2.24) is 14.8 Å². The second-order valence-electron chi connectivity index (χ2n) is 2.22. The van der Waals surface area contributed by atoms with Gasteiger partial charge in [0.2, 0.25) is 0 Å². The van der Waals surface area contributed by atoms with Crippen LogP contribution in [-0.4, -0.2) is 14.8 Å². The van der Waals surface area contributed by atoms with E-state index in [2.05, 4.69) is 17.0 Å². The van der Waals surface area contributed by atoms with Gasteiger partial charge >= 0.3 is 0 Å². The molecule has 0 fully saturated rings. The van der Waals surface area contributed by atoms with Crippen molar-refractivity contribution in [3.8, 4) is 0 Å². The molecule has 0 bridgehead atoms. The monoisotopic (exact) mass is 124 g/mol. The summed E-state index contributed by atoms with van der Waals surface area (Å²) in [6.45, 7) is 6.72. The lowest BCUT2D eigenvalue weighted by atomic mass is 10.2. The zero-order valence-electron chi connectivity index (χ0n) is 5.49. The molecule has 0 aliphatic rings. The molecule has 0 aromatic carbocycles. The summed E-state index contributed by atoms with van der Waals surface area (Å²) in [4.78, 5) is 3.80. The van der Waals surface area contributed by atoms with Crippen LogP contribution in [0.2, 0.25) is 0 Å². The Morgan fingerprint density at radius 2 is 2.56 bits per heavy atom. The first-order valence-electron chi connectivity index (χ1n) is 2.94. The molecule has 0 N–H and O–H groups in total. The molecule has 1 heterocycles. The quantitative estimate of drug-likeness (QED) is 0.582. The molecule has 1 rings (SSSR count). The molecule has 0 aliphatic heterocycles. The third-order valence-electron chi connectivity index (χ3n) is 0.965. The summed E-state index contributed by atoms with van der Waals surface area (Å²) in [6, 6.07) is 0. The van der Waals surface area contributed by atoms with Crippen LogP contribution >= 0.6 is 0 Å². The highest BCUT2D eigenvalue weighted by atomic mass is 15.3. The Labute approximate surface area is 54.7 Å². The average Bonchev–Trinajstić information content (AvgIpc) is 2.15. The van der Waals surface area contributed by atoms with Crippen LogP contribution in [0.1, 0.15) is 6.92 Å². The lowest BCUT2D eigenvalue weighted by molar-refractivity contribution is 0.517. The fourth-order valence-electron chi connectivity index (χ4n) is 0.646. The van der Waals surface area contributed by atoms with Crippen LogP contribution < -0.4 is 0 Å². The summed E-state index contributed by atoms with van der Waals surface area (Å²) in [5, 5.41) is 3.92. The third-order valence-corrected chi connectivity index (χ3v) is 0.965. The van der Waals surface area contributed by atoms with Crippen molar-refractivity contribution < 1.29 is 0 Å². The van der Waals surface area contributed by atoms with Gasteiger partial charge in [0, 0.05) is 6.54 Å². The minimum absolute atomic E-state index is 0.395. The van der Waals surface area contributed by atoms with Crippen molar-refractivity contribution in [3.05, 3.63) is 19.6 Å². The summed E-state index contributed by atoms with van der Waals surface area (Å²) in [7, 11) is 0. The predicted octanol–water partition coefficient (Wildman–Crippen LogP) is 0.748. The van der Waals surface area contributed by atoms with E-state index in [-0.39, 0.29) is 0 Å². The maximum atomic E-state index is 3.92. The predicted molar refractivity (Wildman–Crippen MR) is 34.5 cm³/mol. The molecule has 3 nitrogen and oxygen atoms in total. The van der Waals surface area contributed by atoms with E-state index in [0.717, 1.165) is 6.54 Å². The zero-order valence-corrected chi connectivity index (χ0v) is 5.49. The Balaban J connectivity index is 2.48. The van der Waals surface area contributed by atoms with Crippen LogP contribution in [-0.2, 0) is 6.54 Å². The molecule has 1 unspecified atom stereocenters. The molecule has 0 amide bonds. The molecular weight excluding hydrogens is 114 g/mol. The summed E-state index contributed by atoms with van der Waals surface area (Å²) in [6.07, 6.45) is 3.23. The van der Waals surface area contributed by atoms with Crippen LogP contribution in [0, 0.1) is 12.8 Å². The lowest BCUT2D eigenvalue weighted by Crippen LogP contribution is -2.04. The third kappa shape index (κ3) is 1.83. The molecule has 1 aromatic heterocycles. The van der Waals surface area contributed by atoms with Gasteiger partial charge in [0.05, 0.1) is 0 Å². The van der Waals surface area contributed by atoms with E-state index >= 15 is 0 Å². The van der Waals surface area contributed by atoms with Gasteiger partial charge in [-0.15, -0.1) is 0 Å². The molecule has 0 spiro atoms. The van der Waals surface area contributed by atoms with Gasteiger partial charge in [-0.25, -0.2) is 4.98 Å². The number of aromatic nitrogens is 3. The van der Waals surface area contributed by atoms with E-state index in [1.807, 2.05) is 6.92 Å². The fraction of sp³-hybridized carbons (Fsp3) is 0.500. The molecule has 1 atom stereocenters. The van der Waals surface area contributed by atoms with Gasteiger partial charge < -0.3 is 0 Å². The highest BCUT2D eigenvalue weighted by molar-refractivity contribution is 4.60. The van der Waals surface area contributed by atoms with Crippen molar-refractivity contribution in [2.24, 2.45) is 5.92 Å². The highest BCUT2D eigenvalue weighted by Crippen LogP contribution is 1.93. The van der Waals surface area contributed by atoms with E-state index in [4.69, 9.17) is 0 Å². The first kappa shape index (κ1) is 6.26. The largest absolute Gasteiger partial charge is 0.253 e. The molecular formula is C6H10N3. The van der Waals surface area contributed by atoms with Crippen LogP contribution in [0.25, 0.3) is 0 Å². The van der Waals surface area contributed by atoms with Crippen LogP contribution in [0.15, 0.2) is 12.7 Å². The minimum Gasteiger partial charge on any atom is -0.253 e. The second-order valence-corrected chi connectivity index (χ2v) is 2.22. The van der Waals surface area contributed by atoms with E-state index in [1.165, 1.54) is 6.33 Å². The Morgan fingerprint density at radius 3 is 3.00 bits per heavy atom. The van der Waals surface area contributed by atoms with Crippen LogP contribution in [0.4, 0.5) is 0 Å². The fourth-order valence-corrected chi connectivity index (χ4v) is 0.646. The smallest absolute Gasteiger partial charge is 0.137 e. The summed E-state index contributed by atoms with van der Waals surface area (Å²) in [5.74, 6) is 0.395. The summed E-state index contributed by atoms with van der Waals surface area (Å²) >= 11 is 0. The normalized spacial score (nSPS) is 10.6. The molecule has 9 heavy (non-hydrogen) atoms. The second kappa shape index (κ2) is 2.62. The Morgan fingerprint density at radius 1 is 1.78 bits per heavy atom. The first-order valence-corrected chi connectivity index (χ1v) is 2.94. The van der Waals surface area contributed by atoms with Crippen molar-refractivity contribution in [2.45, 2.75) is 13.5 Å². The zero-order chi connectivity index (χ0) is 6.69. The van der Waals surface area contributed by atoms with Crippen LogP contribution in [0.5, 0.6) is 0 Å². The maximum absolute atomic E-state index is 3.92. The van der Waals surface area contributed by atoms with Crippen molar-refractivity contribution >= 4 is 0 Å². The van der Waals surface area contributed by atoms with Crippen LogP contribution in [0.3, 0.4) is 0 Å². The van der Waals surface area contributed by atoms with E-state index in [1.54, 1.807) is 11.0 Å². The molecule has 0 saturated carbocycles. The van der Waals surface area contributed by atoms with E-state index in [0.29, 0.717) is 5.92 Å². The van der Waals surface area contributed by atoms with Gasteiger partial charge in [0.1, 0.15) is 12.7 Å². The average molecular weight is 124 g/mol. The number of nitrogens with zero attached hydrogens (tertiary/aromatic N) is 3. The van der Waals surface area contributed by atoms with Gasteiger partial charge in [-0.3, -0.25) is 4.68 Å². The SMILES string of the molecule is [CH2]C(C)Cn1cncn1. The van der Waals surface area contributed by atoms with Crippen molar-refractivity contribution in [1.29, 1.82) is 0 Å². The molecule has 0 saturated heterocycles. The molecule has 1 radical (unpaired) electrons. The van der Waals surface area contributed by atoms with Gasteiger partial charge in [-0.1, -0.05) is 6.92 Å². The molecule has 49 valence electrons. The maximum Gasteiger partial charge on any atom is 0.137 e. The molecule has 1 aromatic rings. The number of rotatable bonds is 2. The van der Waals surface area contributed by atoms with Gasteiger partial charge in [-0.05, 0) is 12.8 Å². The Hall–Kier alpha value is -0.860. The van der Waals surface area contributed by atoms with Gasteiger partial charge in [0.15, 0.2) is 0 Å². The highest BCUT2D eigenvalue weighted by Gasteiger charge is 1.93. The molecule has 3 heteroatoms. The first-order chi connectivity index (χ1) is 4.29. The Kier molecular flexibility index (Phi) is 1.82. The van der Waals surface area contributed by atoms with E-state index < -0.39 is 0 Å². The van der Waals surface area contributed by atoms with E-state index in [9.17, 15) is 0 Å². The lowest BCUT2D eigenvalue weighted by Gasteiger charge is -2.01. The Bertz CT molecular complexity index is 155. The minimum atomic E-state index is 0.395. The van der Waals surface area contributed by atoms with Gasteiger partial charge in [-0.2, -0.15) is 5.10 Å². The summed E-state index contributed by atoms with van der Waals surface area (Å²) < 4.78 is 1.78. The topological polar surface area (TPSA) is 30.7 Å².